The Morgan fingerprint density at radius 1 is 1.19 bits per heavy atom. The highest BCUT2D eigenvalue weighted by molar-refractivity contribution is 5.19. The molecule has 0 saturated heterocycles. The van der Waals surface area contributed by atoms with Gasteiger partial charge in [-0.3, -0.25) is 0 Å². The highest BCUT2D eigenvalue weighted by Crippen LogP contribution is 2.39. The molecule has 21 heavy (non-hydrogen) atoms. The Hall–Kier alpha value is -0.960. The van der Waals surface area contributed by atoms with Crippen molar-refractivity contribution in [3.05, 3.63) is 35.4 Å². The summed E-state index contributed by atoms with van der Waals surface area (Å²) in [6, 6.07) is 3.99. The molecule has 0 heterocycles. The predicted octanol–water partition coefficient (Wildman–Crippen LogP) is 4.42. The van der Waals surface area contributed by atoms with Crippen LogP contribution in [-0.2, 0) is 6.42 Å². The van der Waals surface area contributed by atoms with Crippen LogP contribution in [0.1, 0.15) is 38.7 Å². The van der Waals surface area contributed by atoms with E-state index in [1.165, 1.54) is 18.9 Å². The number of nitrogens with one attached hydrogen (secondary N) is 1. The third kappa shape index (κ3) is 4.26. The zero-order valence-corrected chi connectivity index (χ0v) is 13.3. The van der Waals surface area contributed by atoms with Crippen molar-refractivity contribution in [2.24, 2.45) is 23.7 Å². The van der Waals surface area contributed by atoms with Crippen molar-refractivity contribution in [3.63, 3.8) is 0 Å². The van der Waals surface area contributed by atoms with Crippen molar-refractivity contribution < 1.29 is 8.78 Å². The van der Waals surface area contributed by atoms with Crippen LogP contribution >= 0.6 is 0 Å². The van der Waals surface area contributed by atoms with E-state index in [9.17, 15) is 8.78 Å². The maximum absolute atomic E-state index is 13.9. The Balaban J connectivity index is 2.11. The van der Waals surface area contributed by atoms with E-state index in [-0.39, 0.29) is 0 Å². The summed E-state index contributed by atoms with van der Waals surface area (Å²) in [5.74, 6) is 1.59. The van der Waals surface area contributed by atoms with Gasteiger partial charge in [0.15, 0.2) is 0 Å². The fraction of sp³-hybridized carbons (Fsp3) is 0.667. The Kier molecular flexibility index (Phi) is 5.74. The van der Waals surface area contributed by atoms with Gasteiger partial charge in [-0.15, -0.1) is 0 Å². The highest BCUT2D eigenvalue weighted by Gasteiger charge is 2.31. The van der Waals surface area contributed by atoms with Crippen LogP contribution in [0.25, 0.3) is 0 Å². The molecule has 1 aromatic rings. The van der Waals surface area contributed by atoms with E-state index < -0.39 is 11.6 Å². The molecule has 118 valence electrons. The molecule has 0 radical (unpaired) electrons. The van der Waals surface area contributed by atoms with Crippen molar-refractivity contribution in [1.29, 1.82) is 0 Å². The minimum absolute atomic E-state index is 0.398. The van der Waals surface area contributed by atoms with Crippen molar-refractivity contribution >= 4 is 0 Å². The van der Waals surface area contributed by atoms with Crippen molar-refractivity contribution in [3.8, 4) is 0 Å². The van der Waals surface area contributed by atoms with Gasteiger partial charge in [-0.05, 0) is 74.6 Å². The monoisotopic (exact) mass is 295 g/mol. The first kappa shape index (κ1) is 16.4. The molecule has 0 spiro atoms. The van der Waals surface area contributed by atoms with Crippen molar-refractivity contribution in [2.75, 3.05) is 13.6 Å². The second kappa shape index (κ2) is 7.35. The summed E-state index contributed by atoms with van der Waals surface area (Å²) >= 11 is 0. The van der Waals surface area contributed by atoms with E-state index in [2.05, 4.69) is 19.2 Å². The van der Waals surface area contributed by atoms with E-state index >= 15 is 0 Å². The molecule has 3 heteroatoms. The topological polar surface area (TPSA) is 12.0 Å². The molecule has 0 aromatic heterocycles. The summed E-state index contributed by atoms with van der Waals surface area (Å²) in [5.41, 5.74) is 0.659. The molecule has 1 N–H and O–H groups in total. The lowest BCUT2D eigenvalue weighted by molar-refractivity contribution is 0.145. The fourth-order valence-corrected chi connectivity index (χ4v) is 3.72. The first-order valence-electron chi connectivity index (χ1n) is 8.09. The zero-order chi connectivity index (χ0) is 15.4. The summed E-state index contributed by atoms with van der Waals surface area (Å²) in [6.45, 7) is 5.54. The minimum Gasteiger partial charge on any atom is -0.319 e. The molecule has 3 unspecified atom stereocenters. The minimum atomic E-state index is -0.494. The Labute approximate surface area is 127 Å². The molecule has 1 saturated carbocycles. The molecule has 0 bridgehead atoms. The van der Waals surface area contributed by atoms with Gasteiger partial charge in [-0.2, -0.15) is 0 Å². The maximum Gasteiger partial charge on any atom is 0.129 e. The Bertz CT molecular complexity index is 459. The first-order chi connectivity index (χ1) is 10.0. The summed E-state index contributed by atoms with van der Waals surface area (Å²) in [6.07, 6.45) is 4.35. The predicted molar refractivity (Wildman–Crippen MR) is 83.1 cm³/mol. The Morgan fingerprint density at radius 2 is 1.95 bits per heavy atom. The molecule has 1 aliphatic carbocycles. The lowest BCUT2D eigenvalue weighted by atomic mass is 9.68. The highest BCUT2D eigenvalue weighted by atomic mass is 19.1. The van der Waals surface area contributed by atoms with Gasteiger partial charge in [0, 0.05) is 6.07 Å². The molecule has 1 aliphatic rings. The Morgan fingerprint density at radius 3 is 2.57 bits per heavy atom. The second-order valence-electron chi connectivity index (χ2n) is 6.83. The van der Waals surface area contributed by atoms with Gasteiger partial charge >= 0.3 is 0 Å². The smallest absolute Gasteiger partial charge is 0.129 e. The van der Waals surface area contributed by atoms with Gasteiger partial charge in [0.1, 0.15) is 11.6 Å². The molecule has 1 aromatic carbocycles. The molecule has 0 amide bonds. The van der Waals surface area contributed by atoms with Crippen LogP contribution in [0.2, 0.25) is 0 Å². The van der Waals surface area contributed by atoms with Crippen molar-refractivity contribution in [1.82, 2.24) is 5.32 Å². The first-order valence-corrected chi connectivity index (χ1v) is 8.09. The number of hydrogen-bond donors (Lipinski definition) is 1. The zero-order valence-electron chi connectivity index (χ0n) is 13.3. The van der Waals surface area contributed by atoms with Crippen LogP contribution in [0.4, 0.5) is 8.78 Å². The maximum atomic E-state index is 13.9. The van der Waals surface area contributed by atoms with E-state index in [1.54, 1.807) is 6.07 Å². The molecule has 2 rings (SSSR count). The quantitative estimate of drug-likeness (QED) is 0.848. The molecule has 1 fully saturated rings. The van der Waals surface area contributed by atoms with Gasteiger partial charge in [-0.25, -0.2) is 8.78 Å². The van der Waals surface area contributed by atoms with Gasteiger partial charge in [-0.1, -0.05) is 19.9 Å². The third-order valence-corrected chi connectivity index (χ3v) is 5.09. The lowest BCUT2D eigenvalue weighted by Gasteiger charge is -2.38. The van der Waals surface area contributed by atoms with E-state index in [0.717, 1.165) is 31.4 Å². The van der Waals surface area contributed by atoms with Gasteiger partial charge in [0.2, 0.25) is 0 Å². The molecule has 3 atom stereocenters. The summed E-state index contributed by atoms with van der Waals surface area (Å²) < 4.78 is 27.0. The number of hydrogen-bond acceptors (Lipinski definition) is 1. The van der Waals surface area contributed by atoms with Gasteiger partial charge < -0.3 is 5.32 Å². The van der Waals surface area contributed by atoms with Crippen LogP contribution in [0.15, 0.2) is 18.2 Å². The summed E-state index contributed by atoms with van der Waals surface area (Å²) in [5, 5.41) is 3.27. The average molecular weight is 295 g/mol. The standard InChI is InChI=1S/C18H27F2N/c1-12(2)13-4-5-15(11-21-3)16(8-13)9-14-6-7-17(19)10-18(14)20/h6-7,10,12-13,15-16,21H,4-5,8-9,11H2,1-3H3. The molecular weight excluding hydrogens is 268 g/mol. The van der Waals surface area contributed by atoms with Crippen LogP contribution < -0.4 is 5.32 Å². The van der Waals surface area contributed by atoms with Gasteiger partial charge in [0.25, 0.3) is 0 Å². The normalized spacial score (nSPS) is 26.3. The molecule has 0 aliphatic heterocycles. The van der Waals surface area contributed by atoms with Crippen molar-refractivity contribution in [2.45, 2.75) is 39.5 Å². The lowest BCUT2D eigenvalue weighted by Crippen LogP contribution is -2.34. The summed E-state index contributed by atoms with van der Waals surface area (Å²) in [4.78, 5) is 0. The average Bonchev–Trinajstić information content (AvgIpc) is 2.43. The SMILES string of the molecule is CNCC1CCC(C(C)C)CC1Cc1ccc(F)cc1F. The van der Waals surface area contributed by atoms with E-state index in [0.29, 0.717) is 23.3 Å². The van der Waals surface area contributed by atoms with Crippen LogP contribution in [0.3, 0.4) is 0 Å². The number of rotatable bonds is 5. The number of halogens is 2. The van der Waals surface area contributed by atoms with Gasteiger partial charge in [0.05, 0.1) is 0 Å². The van der Waals surface area contributed by atoms with Crippen LogP contribution in [0, 0.1) is 35.3 Å². The fourth-order valence-electron chi connectivity index (χ4n) is 3.72. The molecular formula is C18H27F2N. The van der Waals surface area contributed by atoms with Crippen LogP contribution in [0.5, 0.6) is 0 Å². The van der Waals surface area contributed by atoms with E-state index in [4.69, 9.17) is 0 Å². The third-order valence-electron chi connectivity index (χ3n) is 5.09. The molecule has 1 nitrogen and oxygen atoms in total. The largest absolute Gasteiger partial charge is 0.319 e. The van der Waals surface area contributed by atoms with Crippen LogP contribution in [-0.4, -0.2) is 13.6 Å². The van der Waals surface area contributed by atoms with E-state index in [1.807, 2.05) is 7.05 Å². The second-order valence-corrected chi connectivity index (χ2v) is 6.83. The number of benzene rings is 1. The summed E-state index contributed by atoms with van der Waals surface area (Å²) in [7, 11) is 1.98.